The van der Waals surface area contributed by atoms with Crippen molar-refractivity contribution >= 4 is 22.5 Å². The number of aromatic nitrogens is 3. The molecule has 3 rings (SSSR count). The third-order valence-electron chi connectivity index (χ3n) is 3.34. The lowest BCUT2D eigenvalue weighted by Crippen LogP contribution is -2.21. The minimum absolute atomic E-state index is 0.115. The number of ketones is 1. The van der Waals surface area contributed by atoms with E-state index in [1.54, 1.807) is 24.3 Å². The van der Waals surface area contributed by atoms with E-state index in [2.05, 4.69) is 10.3 Å². The van der Waals surface area contributed by atoms with Crippen molar-refractivity contribution in [2.75, 3.05) is 13.7 Å². The van der Waals surface area contributed by atoms with Crippen molar-refractivity contribution < 1.29 is 19.3 Å². The lowest BCUT2D eigenvalue weighted by molar-refractivity contribution is -0.384. The van der Waals surface area contributed by atoms with Crippen molar-refractivity contribution in [2.45, 2.75) is 0 Å². The lowest BCUT2D eigenvalue weighted by atomic mass is 10.1. The Hall–Kier alpha value is -3.49. The number of hydrogen-bond acceptors (Lipinski definition) is 7. The van der Waals surface area contributed by atoms with E-state index in [1.807, 2.05) is 0 Å². The number of methoxy groups -OCH3 is 1. The van der Waals surface area contributed by atoms with E-state index in [4.69, 9.17) is 9.57 Å². The fraction of sp³-hybridized carbons (Fsp3) is 0.133. The molecule has 0 aliphatic carbocycles. The van der Waals surface area contributed by atoms with Gasteiger partial charge in [0.15, 0.2) is 6.61 Å². The normalized spacial score (nSPS) is 10.5. The number of carbonyl (C=O) groups is 1. The van der Waals surface area contributed by atoms with Gasteiger partial charge in [-0.2, -0.15) is 0 Å². The van der Waals surface area contributed by atoms with E-state index in [0.717, 1.165) is 4.85 Å². The Kier molecular flexibility index (Phi) is 4.06. The lowest BCUT2D eigenvalue weighted by Gasteiger charge is -2.05. The summed E-state index contributed by atoms with van der Waals surface area (Å²) in [5, 5.41) is 18.4. The van der Waals surface area contributed by atoms with Crippen LogP contribution >= 0.6 is 0 Å². The number of hydrogen-bond donors (Lipinski definition) is 0. The first-order chi connectivity index (χ1) is 11.6. The highest BCUT2D eigenvalue weighted by Crippen LogP contribution is 2.18. The molecule has 0 saturated carbocycles. The average Bonchev–Trinajstić information content (AvgIpc) is 3.02. The van der Waals surface area contributed by atoms with Gasteiger partial charge in [-0.3, -0.25) is 14.9 Å². The molecule has 122 valence electrons. The summed E-state index contributed by atoms with van der Waals surface area (Å²) in [7, 11) is 1.54. The highest BCUT2D eigenvalue weighted by atomic mass is 16.7. The van der Waals surface area contributed by atoms with Gasteiger partial charge in [-0.05, 0) is 35.5 Å². The molecule has 0 atom stereocenters. The van der Waals surface area contributed by atoms with Gasteiger partial charge in [0, 0.05) is 17.7 Å². The molecule has 1 aromatic heterocycles. The molecule has 3 aromatic rings. The summed E-state index contributed by atoms with van der Waals surface area (Å²) in [6.07, 6.45) is 0. The van der Waals surface area contributed by atoms with E-state index < -0.39 is 4.92 Å². The zero-order valence-electron chi connectivity index (χ0n) is 12.6. The maximum absolute atomic E-state index is 12.1. The molecule has 0 bridgehead atoms. The Morgan fingerprint density at radius 3 is 2.67 bits per heavy atom. The number of carbonyl (C=O) groups excluding carboxylic acids is 1. The first-order valence-corrected chi connectivity index (χ1v) is 6.89. The van der Waals surface area contributed by atoms with Crippen molar-refractivity contribution in [1.29, 1.82) is 0 Å². The quantitative estimate of drug-likeness (QED) is 0.384. The average molecular weight is 328 g/mol. The zero-order chi connectivity index (χ0) is 17.1. The van der Waals surface area contributed by atoms with Crippen LogP contribution in [0, 0.1) is 10.1 Å². The molecule has 24 heavy (non-hydrogen) atoms. The first kappa shape index (κ1) is 15.4. The molecule has 0 N–H and O–H groups in total. The van der Waals surface area contributed by atoms with Crippen LogP contribution in [0.1, 0.15) is 10.4 Å². The highest BCUT2D eigenvalue weighted by Gasteiger charge is 2.14. The number of benzene rings is 2. The summed E-state index contributed by atoms with van der Waals surface area (Å²) >= 11 is 0. The molecule has 0 unspecified atom stereocenters. The largest absolute Gasteiger partial charge is 0.497 e. The number of fused-ring (bicyclic) bond motifs is 1. The van der Waals surface area contributed by atoms with Crippen molar-refractivity contribution in [3.05, 3.63) is 58.1 Å². The smallest absolute Gasteiger partial charge is 0.271 e. The van der Waals surface area contributed by atoms with E-state index in [0.29, 0.717) is 22.3 Å². The molecule has 1 heterocycles. The molecule has 9 nitrogen and oxygen atoms in total. The van der Waals surface area contributed by atoms with Gasteiger partial charge in [-0.15, -0.1) is 5.10 Å². The van der Waals surface area contributed by atoms with Crippen molar-refractivity contribution in [3.8, 4) is 5.75 Å². The van der Waals surface area contributed by atoms with Crippen molar-refractivity contribution in [1.82, 2.24) is 15.2 Å². The number of nitrogens with zero attached hydrogens (tertiary/aromatic N) is 4. The maximum atomic E-state index is 12.1. The fourth-order valence-electron chi connectivity index (χ4n) is 2.08. The third-order valence-corrected chi connectivity index (χ3v) is 3.34. The standard InChI is InChI=1S/C15H12N4O5/c1-23-12-5-2-10(3-6-12)15(20)9-24-18-14-8-11(19(21)22)4-7-13(14)16-17-18/h2-8H,9H2,1H3. The Morgan fingerprint density at radius 1 is 1.25 bits per heavy atom. The summed E-state index contributed by atoms with van der Waals surface area (Å²) in [5.41, 5.74) is 1.08. The van der Waals surface area contributed by atoms with Crippen LogP contribution < -0.4 is 9.57 Å². The molecule has 0 aliphatic heterocycles. The second-order valence-electron chi connectivity index (χ2n) is 4.82. The Labute approximate surface area is 135 Å². The summed E-state index contributed by atoms with van der Waals surface area (Å²) in [4.78, 5) is 28.7. The van der Waals surface area contributed by atoms with Gasteiger partial charge in [0.05, 0.1) is 12.0 Å². The number of non-ortho nitro benzene ring substituents is 1. The zero-order valence-corrected chi connectivity index (χ0v) is 12.6. The molecule has 0 fully saturated rings. The van der Waals surface area contributed by atoms with Gasteiger partial charge in [0.1, 0.15) is 16.8 Å². The van der Waals surface area contributed by atoms with Gasteiger partial charge >= 0.3 is 0 Å². The van der Waals surface area contributed by atoms with E-state index in [1.165, 1.54) is 25.3 Å². The molecule has 0 aliphatic rings. The summed E-state index contributed by atoms with van der Waals surface area (Å²) in [6, 6.07) is 10.6. The van der Waals surface area contributed by atoms with Crippen LogP contribution in [0.15, 0.2) is 42.5 Å². The molecule has 0 radical (unpaired) electrons. The molecule has 0 amide bonds. The van der Waals surface area contributed by atoms with Crippen LogP contribution in [-0.2, 0) is 0 Å². The van der Waals surface area contributed by atoms with Crippen LogP contribution in [0.25, 0.3) is 11.0 Å². The second kappa shape index (κ2) is 6.32. The van der Waals surface area contributed by atoms with Gasteiger partial charge in [0.25, 0.3) is 5.69 Å². The van der Waals surface area contributed by atoms with Crippen molar-refractivity contribution in [3.63, 3.8) is 0 Å². The summed E-state index contributed by atoms with van der Waals surface area (Å²) in [5.74, 6) is 0.369. The van der Waals surface area contributed by atoms with Gasteiger partial charge < -0.3 is 9.57 Å². The first-order valence-electron chi connectivity index (χ1n) is 6.89. The number of nitro groups is 1. The molecule has 0 saturated heterocycles. The fourth-order valence-corrected chi connectivity index (χ4v) is 2.08. The maximum Gasteiger partial charge on any atom is 0.271 e. The Morgan fingerprint density at radius 2 is 2.00 bits per heavy atom. The van der Waals surface area contributed by atoms with E-state index >= 15 is 0 Å². The topological polar surface area (TPSA) is 109 Å². The molecule has 9 heteroatoms. The Balaban J connectivity index is 1.76. The van der Waals surface area contributed by atoms with Crippen LogP contribution in [0.4, 0.5) is 5.69 Å². The number of nitro benzene ring substituents is 1. The highest BCUT2D eigenvalue weighted by molar-refractivity contribution is 5.97. The number of Topliss-reactive ketones (excluding diaryl/α,β-unsaturated/α-hetero) is 1. The van der Waals surface area contributed by atoms with Crippen LogP contribution in [0.5, 0.6) is 5.75 Å². The monoisotopic (exact) mass is 328 g/mol. The molecular formula is C15H12N4O5. The SMILES string of the molecule is COc1ccc(C(=O)COn2nnc3ccc([N+](=O)[O-])cc32)cc1. The molecule has 2 aromatic carbocycles. The second-order valence-corrected chi connectivity index (χ2v) is 4.82. The predicted octanol–water partition coefficient (Wildman–Crippen LogP) is 1.66. The van der Waals surface area contributed by atoms with Crippen LogP contribution in [0.3, 0.4) is 0 Å². The summed E-state index contributed by atoms with van der Waals surface area (Å²) in [6.45, 7) is -0.284. The van der Waals surface area contributed by atoms with Crippen LogP contribution in [0.2, 0.25) is 0 Å². The third kappa shape index (κ3) is 3.00. The van der Waals surface area contributed by atoms with Gasteiger partial charge in [0.2, 0.25) is 5.78 Å². The minimum Gasteiger partial charge on any atom is -0.497 e. The van der Waals surface area contributed by atoms with E-state index in [9.17, 15) is 14.9 Å². The molecule has 0 spiro atoms. The summed E-state index contributed by atoms with van der Waals surface area (Å²) < 4.78 is 5.03. The number of ether oxygens (including phenoxy) is 1. The van der Waals surface area contributed by atoms with Gasteiger partial charge in [-0.1, -0.05) is 4.85 Å². The predicted molar refractivity (Wildman–Crippen MR) is 83.0 cm³/mol. The van der Waals surface area contributed by atoms with Gasteiger partial charge in [-0.25, -0.2) is 0 Å². The number of rotatable bonds is 6. The Bertz CT molecular complexity index is 904. The van der Waals surface area contributed by atoms with Crippen LogP contribution in [-0.4, -0.2) is 39.6 Å². The van der Waals surface area contributed by atoms with Crippen molar-refractivity contribution in [2.24, 2.45) is 0 Å². The molecular weight excluding hydrogens is 316 g/mol. The van der Waals surface area contributed by atoms with E-state index in [-0.39, 0.29) is 18.1 Å². The minimum atomic E-state index is -0.528.